The molecule has 0 bridgehead atoms. The highest BCUT2D eigenvalue weighted by molar-refractivity contribution is 6.33. The van der Waals surface area contributed by atoms with Gasteiger partial charge in [-0.1, -0.05) is 23.7 Å². The molecular weight excluding hydrogens is 566 g/mol. The van der Waals surface area contributed by atoms with Crippen molar-refractivity contribution in [3.8, 4) is 5.75 Å². The van der Waals surface area contributed by atoms with Gasteiger partial charge in [0.25, 0.3) is 5.91 Å². The molecule has 2 saturated heterocycles. The average molecular weight is 606 g/mol. The van der Waals surface area contributed by atoms with E-state index in [1.807, 2.05) is 31.2 Å². The number of aromatic nitrogens is 2. The fourth-order valence-corrected chi connectivity index (χ4v) is 6.02. The third-order valence-corrected chi connectivity index (χ3v) is 8.79. The number of ether oxygens (including phenoxy) is 2. The Morgan fingerprint density at radius 3 is 2.56 bits per heavy atom. The minimum absolute atomic E-state index is 0.108. The van der Waals surface area contributed by atoms with Crippen LogP contribution in [0.3, 0.4) is 0 Å². The van der Waals surface area contributed by atoms with Crippen molar-refractivity contribution in [3.05, 3.63) is 59.2 Å². The summed E-state index contributed by atoms with van der Waals surface area (Å²) in [4.78, 5) is 27.0. The highest BCUT2D eigenvalue weighted by atomic mass is 35.5. The third-order valence-electron chi connectivity index (χ3n) is 8.51. The van der Waals surface area contributed by atoms with Crippen molar-refractivity contribution < 1.29 is 14.3 Å². The number of hydrogen-bond acceptors (Lipinski definition) is 9. The Labute approximate surface area is 258 Å². The van der Waals surface area contributed by atoms with E-state index < -0.39 is 0 Å². The van der Waals surface area contributed by atoms with Crippen molar-refractivity contribution >= 4 is 46.3 Å². The molecule has 0 unspecified atom stereocenters. The van der Waals surface area contributed by atoms with Gasteiger partial charge in [0, 0.05) is 50.0 Å². The van der Waals surface area contributed by atoms with E-state index in [-0.39, 0.29) is 11.9 Å². The number of halogens is 1. The van der Waals surface area contributed by atoms with Crippen LogP contribution in [0.2, 0.25) is 5.02 Å². The standard InChI is InChI=1S/C32H40ClN7O3/c1-2-43-29-20-24(39-14-12-23(13-15-39)40-16-18-42-19-17-40)10-11-28(29)37-32-34-21-26(33)30(38-32)36-27-9-4-3-8-25(27)31(41)35-22-6-5-7-22/h3-4,8-11,20-23H,2,5-7,12-19H2,1H3,(H,35,41)(H2,34,36,37,38). The summed E-state index contributed by atoms with van der Waals surface area (Å²) >= 11 is 6.49. The van der Waals surface area contributed by atoms with Gasteiger partial charge in [0.1, 0.15) is 10.8 Å². The van der Waals surface area contributed by atoms with E-state index in [2.05, 4.69) is 47.9 Å². The number of hydrogen-bond donors (Lipinski definition) is 3. The van der Waals surface area contributed by atoms with E-state index in [9.17, 15) is 4.79 Å². The lowest BCUT2D eigenvalue weighted by molar-refractivity contribution is 0.0115. The summed E-state index contributed by atoms with van der Waals surface area (Å²) in [5.74, 6) is 1.40. The zero-order valence-corrected chi connectivity index (χ0v) is 25.4. The molecule has 0 atom stereocenters. The van der Waals surface area contributed by atoms with Gasteiger partial charge in [-0.2, -0.15) is 4.98 Å². The van der Waals surface area contributed by atoms with Crippen LogP contribution in [0, 0.1) is 0 Å². The SMILES string of the molecule is CCOc1cc(N2CCC(N3CCOCC3)CC2)ccc1Nc1ncc(Cl)c(Nc2ccccc2C(=O)NC2CCC2)n1. The van der Waals surface area contributed by atoms with Crippen molar-refractivity contribution in [3.63, 3.8) is 0 Å². The fraction of sp³-hybridized carbons (Fsp3) is 0.469. The van der Waals surface area contributed by atoms with Gasteiger partial charge in [-0.15, -0.1) is 0 Å². The molecule has 2 aromatic carbocycles. The number of rotatable bonds is 10. The van der Waals surface area contributed by atoms with Crippen molar-refractivity contribution in [1.29, 1.82) is 0 Å². The molecule has 228 valence electrons. The second-order valence-corrected chi connectivity index (χ2v) is 11.7. The summed E-state index contributed by atoms with van der Waals surface area (Å²) in [5, 5.41) is 10.00. The summed E-state index contributed by atoms with van der Waals surface area (Å²) in [6.45, 7) is 8.27. The Balaban J connectivity index is 1.14. The van der Waals surface area contributed by atoms with Gasteiger partial charge in [0.2, 0.25) is 5.95 Å². The molecule has 0 spiro atoms. The minimum atomic E-state index is -0.108. The van der Waals surface area contributed by atoms with Gasteiger partial charge in [-0.25, -0.2) is 4.98 Å². The van der Waals surface area contributed by atoms with Gasteiger partial charge in [0.05, 0.1) is 43.0 Å². The van der Waals surface area contributed by atoms with Crippen LogP contribution in [-0.4, -0.2) is 78.9 Å². The molecule has 10 nitrogen and oxygen atoms in total. The van der Waals surface area contributed by atoms with E-state index in [1.54, 1.807) is 12.3 Å². The topological polar surface area (TPSA) is 104 Å². The minimum Gasteiger partial charge on any atom is -0.492 e. The number of nitrogens with zero attached hydrogens (tertiary/aromatic N) is 4. The molecule has 1 aliphatic carbocycles. The highest BCUT2D eigenvalue weighted by Crippen LogP contribution is 2.34. The number of carbonyl (C=O) groups is 1. The number of para-hydroxylation sites is 1. The van der Waals surface area contributed by atoms with Crippen molar-refractivity contribution in [2.45, 2.75) is 51.1 Å². The van der Waals surface area contributed by atoms with E-state index in [0.29, 0.717) is 40.7 Å². The Kier molecular flexibility index (Phi) is 9.45. The molecule has 3 fully saturated rings. The maximum absolute atomic E-state index is 12.9. The lowest BCUT2D eigenvalue weighted by Crippen LogP contribution is -2.49. The molecule has 3 aromatic rings. The molecule has 2 aliphatic heterocycles. The molecule has 0 radical (unpaired) electrons. The van der Waals surface area contributed by atoms with E-state index in [1.165, 1.54) is 0 Å². The Bertz CT molecular complexity index is 1410. The van der Waals surface area contributed by atoms with Gasteiger partial charge in [0.15, 0.2) is 5.82 Å². The Morgan fingerprint density at radius 2 is 1.81 bits per heavy atom. The van der Waals surface area contributed by atoms with Crippen LogP contribution in [0.25, 0.3) is 0 Å². The maximum atomic E-state index is 12.9. The number of morpholine rings is 1. The summed E-state index contributed by atoms with van der Waals surface area (Å²) in [7, 11) is 0. The first-order valence-corrected chi connectivity index (χ1v) is 15.7. The van der Waals surface area contributed by atoms with Crippen LogP contribution >= 0.6 is 11.6 Å². The van der Waals surface area contributed by atoms with Crippen LogP contribution in [0.15, 0.2) is 48.7 Å². The van der Waals surface area contributed by atoms with Crippen molar-refractivity contribution in [1.82, 2.24) is 20.2 Å². The van der Waals surface area contributed by atoms with Crippen LogP contribution in [0.4, 0.5) is 28.8 Å². The van der Waals surface area contributed by atoms with Crippen molar-refractivity contribution in [2.75, 3.05) is 61.5 Å². The summed E-state index contributed by atoms with van der Waals surface area (Å²) < 4.78 is 11.6. The van der Waals surface area contributed by atoms with Crippen LogP contribution in [0.1, 0.15) is 49.4 Å². The highest BCUT2D eigenvalue weighted by Gasteiger charge is 2.26. The van der Waals surface area contributed by atoms with Gasteiger partial charge >= 0.3 is 0 Å². The van der Waals surface area contributed by atoms with Crippen LogP contribution in [0.5, 0.6) is 5.75 Å². The molecule has 3 aliphatic rings. The second kappa shape index (κ2) is 13.8. The Hall–Kier alpha value is -3.60. The molecule has 43 heavy (non-hydrogen) atoms. The summed E-state index contributed by atoms with van der Waals surface area (Å²) in [6.07, 6.45) is 7.02. The second-order valence-electron chi connectivity index (χ2n) is 11.3. The van der Waals surface area contributed by atoms with Crippen LogP contribution < -0.4 is 25.6 Å². The summed E-state index contributed by atoms with van der Waals surface area (Å²) in [6, 6.07) is 14.5. The number of piperidine rings is 1. The zero-order chi connectivity index (χ0) is 29.6. The third kappa shape index (κ3) is 7.14. The van der Waals surface area contributed by atoms with Gasteiger partial charge in [-0.3, -0.25) is 9.69 Å². The number of amides is 1. The first-order chi connectivity index (χ1) is 21.1. The predicted molar refractivity (Wildman–Crippen MR) is 170 cm³/mol. The number of carbonyl (C=O) groups excluding carboxylic acids is 1. The molecule has 1 aromatic heterocycles. The van der Waals surface area contributed by atoms with E-state index in [0.717, 1.165) is 88.6 Å². The zero-order valence-electron chi connectivity index (χ0n) is 24.7. The monoisotopic (exact) mass is 605 g/mol. The first-order valence-electron chi connectivity index (χ1n) is 15.4. The number of benzene rings is 2. The maximum Gasteiger partial charge on any atom is 0.253 e. The summed E-state index contributed by atoms with van der Waals surface area (Å²) in [5.41, 5.74) is 3.08. The smallest absolute Gasteiger partial charge is 0.253 e. The molecule has 3 heterocycles. The molecule has 1 amide bonds. The quantitative estimate of drug-likeness (QED) is 0.272. The first kappa shape index (κ1) is 29.5. The molecule has 3 N–H and O–H groups in total. The normalized spacial score (nSPS) is 18.1. The van der Waals surface area contributed by atoms with E-state index >= 15 is 0 Å². The molecule has 6 rings (SSSR count). The lowest BCUT2D eigenvalue weighted by atomic mass is 9.93. The average Bonchev–Trinajstić information content (AvgIpc) is 3.02. The van der Waals surface area contributed by atoms with Crippen LogP contribution in [-0.2, 0) is 4.74 Å². The molecule has 1 saturated carbocycles. The van der Waals surface area contributed by atoms with E-state index in [4.69, 9.17) is 21.1 Å². The predicted octanol–water partition coefficient (Wildman–Crippen LogP) is 5.60. The lowest BCUT2D eigenvalue weighted by Gasteiger charge is -2.41. The Morgan fingerprint density at radius 1 is 1.02 bits per heavy atom. The van der Waals surface area contributed by atoms with Crippen molar-refractivity contribution in [2.24, 2.45) is 0 Å². The number of nitrogens with one attached hydrogen (secondary N) is 3. The molecular formula is C32H40ClN7O3. The molecule has 11 heteroatoms. The fourth-order valence-electron chi connectivity index (χ4n) is 5.89. The largest absolute Gasteiger partial charge is 0.492 e. The number of anilines is 5. The van der Waals surface area contributed by atoms with Gasteiger partial charge < -0.3 is 30.3 Å². The van der Waals surface area contributed by atoms with Gasteiger partial charge in [-0.05, 0) is 63.3 Å².